The summed E-state index contributed by atoms with van der Waals surface area (Å²) in [5, 5.41) is 8.97. The minimum atomic E-state index is -1.12. The quantitative estimate of drug-likeness (QED) is 0.403. The lowest BCUT2D eigenvalue weighted by atomic mass is 10.1. The standard InChI is InChI=1S/C13H4Cl7NO2/c14-4-2-21-13(7(15)3(4)1-5(22)23)6-8(16)10(18)12(20)11(19)9(6)17/h2H,1H2,(H,22,23). The van der Waals surface area contributed by atoms with Gasteiger partial charge in [0.1, 0.15) is 0 Å². The number of carboxylic acid groups (broad SMARTS) is 1. The third-order valence-corrected chi connectivity index (χ3v) is 5.85. The first-order valence-electron chi connectivity index (χ1n) is 5.73. The average Bonchev–Trinajstić information content (AvgIpc) is 2.49. The molecule has 1 aromatic heterocycles. The minimum absolute atomic E-state index is 0.0101. The van der Waals surface area contributed by atoms with Crippen molar-refractivity contribution in [2.75, 3.05) is 0 Å². The van der Waals surface area contributed by atoms with Crippen LogP contribution in [0.4, 0.5) is 0 Å². The molecule has 0 spiro atoms. The van der Waals surface area contributed by atoms with Gasteiger partial charge in [-0.3, -0.25) is 9.78 Å². The van der Waals surface area contributed by atoms with Crippen LogP contribution in [0.15, 0.2) is 6.20 Å². The van der Waals surface area contributed by atoms with Crippen molar-refractivity contribution in [1.29, 1.82) is 0 Å². The highest BCUT2D eigenvalue weighted by atomic mass is 35.5. The van der Waals surface area contributed by atoms with Crippen molar-refractivity contribution >= 4 is 87.2 Å². The van der Waals surface area contributed by atoms with E-state index < -0.39 is 12.4 Å². The molecule has 122 valence electrons. The molecule has 0 radical (unpaired) electrons. The van der Waals surface area contributed by atoms with E-state index in [1.807, 2.05) is 0 Å². The summed E-state index contributed by atoms with van der Waals surface area (Å²) in [4.78, 5) is 15.0. The number of aromatic nitrogens is 1. The molecule has 23 heavy (non-hydrogen) atoms. The predicted octanol–water partition coefficient (Wildman–Crippen LogP) is 6.95. The van der Waals surface area contributed by atoms with Gasteiger partial charge < -0.3 is 5.11 Å². The van der Waals surface area contributed by atoms with Gasteiger partial charge in [0.05, 0.1) is 47.3 Å². The number of halogens is 7. The Balaban J connectivity index is 2.81. The first kappa shape index (κ1) is 19.2. The molecule has 2 aromatic rings. The summed E-state index contributed by atoms with van der Waals surface area (Å²) in [6.45, 7) is 0. The van der Waals surface area contributed by atoms with Crippen molar-refractivity contribution in [1.82, 2.24) is 4.98 Å². The highest BCUT2D eigenvalue weighted by Gasteiger charge is 2.25. The smallest absolute Gasteiger partial charge is 0.307 e. The molecule has 0 amide bonds. The van der Waals surface area contributed by atoms with E-state index >= 15 is 0 Å². The van der Waals surface area contributed by atoms with Crippen molar-refractivity contribution in [3.63, 3.8) is 0 Å². The van der Waals surface area contributed by atoms with Crippen LogP contribution in [0, 0.1) is 0 Å². The molecule has 0 aliphatic heterocycles. The van der Waals surface area contributed by atoms with Crippen LogP contribution < -0.4 is 0 Å². The molecule has 1 aromatic carbocycles. The van der Waals surface area contributed by atoms with Crippen molar-refractivity contribution in [2.45, 2.75) is 6.42 Å². The van der Waals surface area contributed by atoms with E-state index in [2.05, 4.69) is 4.98 Å². The molecule has 10 heteroatoms. The van der Waals surface area contributed by atoms with Crippen molar-refractivity contribution in [3.8, 4) is 11.3 Å². The fourth-order valence-electron chi connectivity index (χ4n) is 1.80. The normalized spacial score (nSPS) is 10.9. The number of pyridine rings is 1. The Bertz CT molecular complexity index is 794. The van der Waals surface area contributed by atoms with Crippen LogP contribution in [-0.4, -0.2) is 16.1 Å². The molecule has 0 aliphatic carbocycles. The molecule has 3 nitrogen and oxygen atoms in total. The molecule has 0 unspecified atom stereocenters. The fourth-order valence-corrected chi connectivity index (χ4v) is 3.69. The lowest BCUT2D eigenvalue weighted by Gasteiger charge is -2.15. The van der Waals surface area contributed by atoms with Gasteiger partial charge in [-0.25, -0.2) is 0 Å². The van der Waals surface area contributed by atoms with E-state index in [9.17, 15) is 4.79 Å². The van der Waals surface area contributed by atoms with E-state index in [1.165, 1.54) is 6.20 Å². The Morgan fingerprint density at radius 1 is 0.870 bits per heavy atom. The summed E-state index contributed by atoms with van der Waals surface area (Å²) in [5.74, 6) is -1.12. The zero-order valence-electron chi connectivity index (χ0n) is 10.7. The maximum atomic E-state index is 11.0. The molecule has 0 aliphatic rings. The summed E-state index contributed by atoms with van der Waals surface area (Å²) in [7, 11) is 0. The minimum Gasteiger partial charge on any atom is -0.481 e. The number of hydrogen-bond acceptors (Lipinski definition) is 2. The fraction of sp³-hybridized carbons (Fsp3) is 0.0769. The summed E-state index contributed by atoms with van der Waals surface area (Å²) in [6, 6.07) is 0. The monoisotopic (exact) mass is 451 g/mol. The second-order valence-corrected chi connectivity index (χ2v) is 6.94. The summed E-state index contributed by atoms with van der Waals surface area (Å²) in [6.07, 6.45) is 0.835. The molecular formula is C13H4Cl7NO2. The third kappa shape index (κ3) is 3.62. The highest BCUT2D eigenvalue weighted by molar-refractivity contribution is 6.56. The molecule has 0 saturated carbocycles. The van der Waals surface area contributed by atoms with E-state index in [0.29, 0.717) is 0 Å². The van der Waals surface area contributed by atoms with Crippen molar-refractivity contribution in [3.05, 3.63) is 46.9 Å². The maximum Gasteiger partial charge on any atom is 0.307 e. The van der Waals surface area contributed by atoms with Crippen LogP contribution in [0.5, 0.6) is 0 Å². The van der Waals surface area contributed by atoms with Crippen molar-refractivity contribution < 1.29 is 9.90 Å². The Morgan fingerprint density at radius 3 is 1.83 bits per heavy atom. The van der Waals surface area contributed by atoms with Gasteiger partial charge in [0, 0.05) is 17.3 Å². The van der Waals surface area contributed by atoms with E-state index in [-0.39, 0.29) is 52.0 Å². The van der Waals surface area contributed by atoms with Crippen LogP contribution in [0.2, 0.25) is 35.2 Å². The Morgan fingerprint density at radius 2 is 1.35 bits per heavy atom. The van der Waals surface area contributed by atoms with Gasteiger partial charge in [0.2, 0.25) is 0 Å². The lowest BCUT2D eigenvalue weighted by molar-refractivity contribution is -0.136. The average molecular weight is 454 g/mol. The van der Waals surface area contributed by atoms with Crippen LogP contribution in [0.3, 0.4) is 0 Å². The zero-order chi connectivity index (χ0) is 17.5. The van der Waals surface area contributed by atoms with Gasteiger partial charge in [0.25, 0.3) is 0 Å². The van der Waals surface area contributed by atoms with Gasteiger partial charge in [-0.15, -0.1) is 0 Å². The van der Waals surface area contributed by atoms with E-state index in [4.69, 9.17) is 86.3 Å². The molecule has 0 bridgehead atoms. The largest absolute Gasteiger partial charge is 0.481 e. The van der Waals surface area contributed by atoms with Gasteiger partial charge in [-0.1, -0.05) is 81.2 Å². The number of hydrogen-bond donors (Lipinski definition) is 1. The van der Waals surface area contributed by atoms with Gasteiger partial charge >= 0.3 is 5.97 Å². The predicted molar refractivity (Wildman–Crippen MR) is 96.1 cm³/mol. The first-order chi connectivity index (χ1) is 10.7. The summed E-state index contributed by atoms with van der Waals surface area (Å²) < 4.78 is 0. The molecule has 0 saturated heterocycles. The Hall–Kier alpha value is -0.130. The highest BCUT2D eigenvalue weighted by Crippen LogP contribution is 2.49. The van der Waals surface area contributed by atoms with E-state index in [0.717, 1.165) is 0 Å². The third-order valence-electron chi connectivity index (χ3n) is 2.84. The molecule has 2 rings (SSSR count). The first-order valence-corrected chi connectivity index (χ1v) is 8.37. The zero-order valence-corrected chi connectivity index (χ0v) is 16.0. The maximum absolute atomic E-state index is 11.0. The molecule has 0 fully saturated rings. The topological polar surface area (TPSA) is 50.2 Å². The van der Waals surface area contributed by atoms with Crippen LogP contribution in [0.1, 0.15) is 5.56 Å². The molecule has 1 heterocycles. The summed E-state index contributed by atoms with van der Waals surface area (Å²) >= 11 is 42.5. The number of benzene rings is 1. The number of rotatable bonds is 3. The number of aliphatic carboxylic acids is 1. The second-order valence-electron chi connectivity index (χ2n) is 4.26. The number of carbonyl (C=O) groups is 1. The van der Waals surface area contributed by atoms with E-state index in [1.54, 1.807) is 0 Å². The Labute approximate surface area is 166 Å². The summed E-state index contributed by atoms with van der Waals surface area (Å²) in [5.41, 5.74) is 0.406. The lowest BCUT2D eigenvalue weighted by Crippen LogP contribution is -2.03. The second kappa shape index (κ2) is 7.40. The Kier molecular flexibility index (Phi) is 6.18. The van der Waals surface area contributed by atoms with Crippen LogP contribution in [-0.2, 0) is 11.2 Å². The molecule has 0 atom stereocenters. The molecule has 1 N–H and O–H groups in total. The van der Waals surface area contributed by atoms with Crippen molar-refractivity contribution in [2.24, 2.45) is 0 Å². The number of carboxylic acids is 1. The van der Waals surface area contributed by atoms with Crippen LogP contribution >= 0.6 is 81.2 Å². The van der Waals surface area contributed by atoms with Crippen LogP contribution in [0.25, 0.3) is 11.3 Å². The van der Waals surface area contributed by atoms with Gasteiger partial charge in [-0.05, 0) is 0 Å². The molecular weight excluding hydrogens is 450 g/mol. The van der Waals surface area contributed by atoms with Gasteiger partial charge in [-0.2, -0.15) is 0 Å². The SMILES string of the molecule is O=C(O)Cc1c(Cl)cnc(-c2c(Cl)c(Cl)c(Cl)c(Cl)c2Cl)c1Cl. The number of nitrogens with zero attached hydrogens (tertiary/aromatic N) is 1. The van der Waals surface area contributed by atoms with Gasteiger partial charge in [0.15, 0.2) is 0 Å².